The molecule has 3 heteroatoms. The molecule has 2 aromatic rings. The highest BCUT2D eigenvalue weighted by molar-refractivity contribution is 5.79. The molecule has 3 nitrogen and oxygen atoms in total. The van der Waals surface area contributed by atoms with Gasteiger partial charge in [0.25, 0.3) is 0 Å². The Morgan fingerprint density at radius 3 is 2.44 bits per heavy atom. The number of para-hydroxylation sites is 1. The lowest BCUT2D eigenvalue weighted by molar-refractivity contribution is -0.121. The summed E-state index contributed by atoms with van der Waals surface area (Å²) in [5.41, 5.74) is 9.87. The van der Waals surface area contributed by atoms with Crippen LogP contribution in [0.25, 0.3) is 12.2 Å². The predicted octanol–water partition coefficient (Wildman–Crippen LogP) is 4.43. The lowest BCUT2D eigenvalue weighted by Gasteiger charge is -2.22. The molecule has 0 bridgehead atoms. The summed E-state index contributed by atoms with van der Waals surface area (Å²) in [6, 6.07) is 16.3. The average Bonchev–Trinajstić information content (AvgIpc) is 2.63. The Kier molecular flexibility index (Phi) is 5.89. The number of nitrogens with two attached hydrogens (primary N) is 1. The van der Waals surface area contributed by atoms with Crippen LogP contribution in [0, 0.1) is 0 Å². The summed E-state index contributed by atoms with van der Waals surface area (Å²) in [5.74, 6) is 0.132. The first-order chi connectivity index (χ1) is 12.2. The van der Waals surface area contributed by atoms with Crippen molar-refractivity contribution in [2.45, 2.75) is 44.6 Å². The van der Waals surface area contributed by atoms with Crippen molar-refractivity contribution < 1.29 is 4.79 Å². The molecule has 0 heterocycles. The number of hydrogen-bond donors (Lipinski definition) is 2. The van der Waals surface area contributed by atoms with E-state index in [4.69, 9.17) is 5.73 Å². The molecular formula is C22H26N2O. The normalized spacial score (nSPS) is 15.4. The molecule has 0 radical (unpaired) electrons. The lowest BCUT2D eigenvalue weighted by atomic mass is 9.95. The first kappa shape index (κ1) is 17.3. The fourth-order valence-electron chi connectivity index (χ4n) is 3.31. The molecule has 0 atom stereocenters. The van der Waals surface area contributed by atoms with Gasteiger partial charge in [0.05, 0.1) is 6.42 Å². The van der Waals surface area contributed by atoms with Crippen molar-refractivity contribution in [2.75, 3.05) is 5.73 Å². The number of hydrogen-bond acceptors (Lipinski definition) is 2. The van der Waals surface area contributed by atoms with Crippen LogP contribution in [0.4, 0.5) is 5.69 Å². The summed E-state index contributed by atoms with van der Waals surface area (Å²) in [6.45, 7) is 0. The third-order valence-electron chi connectivity index (χ3n) is 4.77. The highest BCUT2D eigenvalue weighted by Crippen LogP contribution is 2.18. The van der Waals surface area contributed by atoms with Crippen molar-refractivity contribution in [3.63, 3.8) is 0 Å². The second kappa shape index (κ2) is 8.52. The third kappa shape index (κ3) is 5.21. The largest absolute Gasteiger partial charge is 0.398 e. The van der Waals surface area contributed by atoms with Gasteiger partial charge in [0.1, 0.15) is 0 Å². The number of rotatable bonds is 5. The van der Waals surface area contributed by atoms with Gasteiger partial charge in [-0.2, -0.15) is 0 Å². The monoisotopic (exact) mass is 334 g/mol. The van der Waals surface area contributed by atoms with Crippen molar-refractivity contribution >= 4 is 23.7 Å². The molecule has 1 amide bonds. The molecule has 3 rings (SSSR count). The van der Waals surface area contributed by atoms with Crippen LogP contribution >= 0.6 is 0 Å². The number of amides is 1. The minimum Gasteiger partial charge on any atom is -0.398 e. The van der Waals surface area contributed by atoms with Crippen LogP contribution in [0.3, 0.4) is 0 Å². The van der Waals surface area contributed by atoms with Gasteiger partial charge in [-0.15, -0.1) is 0 Å². The third-order valence-corrected chi connectivity index (χ3v) is 4.77. The lowest BCUT2D eigenvalue weighted by Crippen LogP contribution is -2.37. The highest BCUT2D eigenvalue weighted by Gasteiger charge is 2.15. The molecule has 1 aliphatic carbocycles. The Balaban J connectivity index is 1.55. The van der Waals surface area contributed by atoms with E-state index in [0.29, 0.717) is 12.5 Å². The van der Waals surface area contributed by atoms with E-state index in [1.807, 2.05) is 60.7 Å². The summed E-state index contributed by atoms with van der Waals surface area (Å²) in [7, 11) is 0. The number of nitrogen functional groups attached to an aromatic ring is 1. The van der Waals surface area contributed by atoms with Gasteiger partial charge >= 0.3 is 0 Å². The Morgan fingerprint density at radius 2 is 1.72 bits per heavy atom. The fourth-order valence-corrected chi connectivity index (χ4v) is 3.31. The maximum atomic E-state index is 12.2. The number of benzene rings is 2. The van der Waals surface area contributed by atoms with E-state index in [0.717, 1.165) is 35.2 Å². The molecular weight excluding hydrogens is 308 g/mol. The van der Waals surface area contributed by atoms with Gasteiger partial charge in [-0.1, -0.05) is 73.9 Å². The quantitative estimate of drug-likeness (QED) is 0.628. The zero-order valence-electron chi connectivity index (χ0n) is 14.6. The summed E-state index contributed by atoms with van der Waals surface area (Å²) in [5, 5.41) is 3.17. The maximum absolute atomic E-state index is 12.2. The van der Waals surface area contributed by atoms with Crippen LogP contribution in [0.5, 0.6) is 0 Å². The fraction of sp³-hybridized carbons (Fsp3) is 0.318. The Morgan fingerprint density at radius 1 is 1.00 bits per heavy atom. The molecule has 1 fully saturated rings. The summed E-state index contributed by atoms with van der Waals surface area (Å²) in [6.07, 6.45) is 10.5. The highest BCUT2D eigenvalue weighted by atomic mass is 16.1. The summed E-state index contributed by atoms with van der Waals surface area (Å²) >= 11 is 0. The van der Waals surface area contributed by atoms with Gasteiger partial charge in [-0.3, -0.25) is 4.79 Å². The van der Waals surface area contributed by atoms with E-state index in [9.17, 15) is 4.79 Å². The van der Waals surface area contributed by atoms with Crippen molar-refractivity contribution in [1.29, 1.82) is 0 Å². The molecule has 25 heavy (non-hydrogen) atoms. The van der Waals surface area contributed by atoms with Gasteiger partial charge < -0.3 is 11.1 Å². The van der Waals surface area contributed by atoms with Crippen LogP contribution in [-0.4, -0.2) is 11.9 Å². The molecule has 0 saturated heterocycles. The Hall–Kier alpha value is -2.55. The molecule has 3 N–H and O–H groups in total. The summed E-state index contributed by atoms with van der Waals surface area (Å²) in [4.78, 5) is 12.2. The first-order valence-electron chi connectivity index (χ1n) is 9.11. The summed E-state index contributed by atoms with van der Waals surface area (Å²) < 4.78 is 0. The Labute approximate surface area is 149 Å². The second-order valence-electron chi connectivity index (χ2n) is 6.78. The topological polar surface area (TPSA) is 55.1 Å². The standard InChI is InChI=1S/C22H26N2O/c23-21-9-5-4-6-19(21)15-14-17-10-12-18(13-11-17)16-22(25)24-20-7-2-1-3-8-20/h4-6,9-15,20H,1-3,7-8,16,23H2,(H,24,25)/b15-14+. The van der Waals surface area contributed by atoms with Crippen molar-refractivity contribution in [3.05, 3.63) is 65.2 Å². The van der Waals surface area contributed by atoms with Crippen molar-refractivity contribution in [2.24, 2.45) is 0 Å². The zero-order valence-corrected chi connectivity index (χ0v) is 14.6. The first-order valence-corrected chi connectivity index (χ1v) is 9.11. The average molecular weight is 334 g/mol. The van der Waals surface area contributed by atoms with E-state index in [2.05, 4.69) is 5.32 Å². The Bertz CT molecular complexity index is 728. The van der Waals surface area contributed by atoms with Gasteiger partial charge in [-0.05, 0) is 35.6 Å². The molecule has 0 spiro atoms. The van der Waals surface area contributed by atoms with Crippen LogP contribution in [0.2, 0.25) is 0 Å². The maximum Gasteiger partial charge on any atom is 0.224 e. The molecule has 2 aromatic carbocycles. The van der Waals surface area contributed by atoms with Crippen molar-refractivity contribution in [1.82, 2.24) is 5.32 Å². The molecule has 0 unspecified atom stereocenters. The number of nitrogens with one attached hydrogen (secondary N) is 1. The SMILES string of the molecule is Nc1ccccc1/C=C/c1ccc(CC(=O)NC2CCCCC2)cc1. The minimum atomic E-state index is 0.132. The predicted molar refractivity (Wildman–Crippen MR) is 105 cm³/mol. The zero-order chi connectivity index (χ0) is 17.5. The van der Waals surface area contributed by atoms with E-state index >= 15 is 0 Å². The molecule has 0 aliphatic heterocycles. The number of anilines is 1. The molecule has 1 saturated carbocycles. The minimum absolute atomic E-state index is 0.132. The number of carbonyl (C=O) groups is 1. The smallest absolute Gasteiger partial charge is 0.224 e. The van der Waals surface area contributed by atoms with Gasteiger partial charge in [-0.25, -0.2) is 0 Å². The van der Waals surface area contributed by atoms with Gasteiger partial charge in [0, 0.05) is 11.7 Å². The van der Waals surface area contributed by atoms with E-state index in [1.165, 1.54) is 19.3 Å². The van der Waals surface area contributed by atoms with E-state index in [1.54, 1.807) is 0 Å². The van der Waals surface area contributed by atoms with Crippen LogP contribution in [-0.2, 0) is 11.2 Å². The molecule has 0 aromatic heterocycles. The molecule has 1 aliphatic rings. The van der Waals surface area contributed by atoms with Crippen LogP contribution in [0.1, 0.15) is 48.8 Å². The van der Waals surface area contributed by atoms with E-state index < -0.39 is 0 Å². The second-order valence-corrected chi connectivity index (χ2v) is 6.78. The van der Waals surface area contributed by atoms with Crippen molar-refractivity contribution in [3.8, 4) is 0 Å². The van der Waals surface area contributed by atoms with Crippen LogP contribution in [0.15, 0.2) is 48.5 Å². The van der Waals surface area contributed by atoms with Crippen LogP contribution < -0.4 is 11.1 Å². The van der Waals surface area contributed by atoms with Gasteiger partial charge in [0.2, 0.25) is 5.91 Å². The van der Waals surface area contributed by atoms with E-state index in [-0.39, 0.29) is 5.91 Å². The number of carbonyl (C=O) groups excluding carboxylic acids is 1. The van der Waals surface area contributed by atoms with Gasteiger partial charge in [0.15, 0.2) is 0 Å². The molecule has 130 valence electrons.